The zero-order valence-corrected chi connectivity index (χ0v) is 13.6. The van der Waals surface area contributed by atoms with E-state index >= 15 is 0 Å². The van der Waals surface area contributed by atoms with Gasteiger partial charge in [-0.25, -0.2) is 13.2 Å². The minimum absolute atomic E-state index is 0.0642. The molecule has 23 heavy (non-hydrogen) atoms. The molecule has 9 heteroatoms. The van der Waals surface area contributed by atoms with Crippen LogP contribution in [-0.2, 0) is 19.6 Å². The van der Waals surface area contributed by atoms with Crippen LogP contribution in [0.25, 0.3) is 10.6 Å². The van der Waals surface area contributed by atoms with Gasteiger partial charge in [-0.2, -0.15) is 4.31 Å². The summed E-state index contributed by atoms with van der Waals surface area (Å²) in [5, 5.41) is 8.99. The Morgan fingerprint density at radius 2 is 2.17 bits per heavy atom. The Labute approximate surface area is 137 Å². The van der Waals surface area contributed by atoms with Crippen molar-refractivity contribution < 1.29 is 23.1 Å². The summed E-state index contributed by atoms with van der Waals surface area (Å²) >= 11 is 1.12. The van der Waals surface area contributed by atoms with Gasteiger partial charge in [-0.1, -0.05) is 6.07 Å². The van der Waals surface area contributed by atoms with Gasteiger partial charge in [0, 0.05) is 12.7 Å². The molecule has 1 unspecified atom stereocenters. The Morgan fingerprint density at radius 1 is 1.35 bits per heavy atom. The number of ether oxygens (including phenoxy) is 1. The molecule has 1 N–H and O–H groups in total. The molecule has 0 bridgehead atoms. The summed E-state index contributed by atoms with van der Waals surface area (Å²) in [6.07, 6.45) is 0.511. The number of aliphatic carboxylic acids is 1. The summed E-state index contributed by atoms with van der Waals surface area (Å²) in [4.78, 5) is 15.9. The van der Waals surface area contributed by atoms with E-state index in [0.29, 0.717) is 5.69 Å². The molecular weight excluding hydrogens is 340 g/mol. The zero-order valence-electron chi connectivity index (χ0n) is 12.0. The van der Waals surface area contributed by atoms with Crippen molar-refractivity contribution >= 4 is 27.3 Å². The van der Waals surface area contributed by atoms with Crippen LogP contribution < -0.4 is 0 Å². The fourth-order valence-corrected chi connectivity index (χ4v) is 5.09. The maximum absolute atomic E-state index is 12.7. The SMILES string of the molecule is O=C(O)C1CN(S(=O)(=O)c2ccc(-c3ccccn3)s2)CCO1. The number of hydrogen-bond donors (Lipinski definition) is 1. The molecule has 0 amide bonds. The molecule has 1 atom stereocenters. The number of aromatic nitrogens is 1. The fourth-order valence-electron chi connectivity index (χ4n) is 2.23. The summed E-state index contributed by atoms with van der Waals surface area (Å²) in [7, 11) is -3.73. The molecule has 2 aromatic rings. The van der Waals surface area contributed by atoms with Gasteiger partial charge < -0.3 is 9.84 Å². The number of carboxylic acid groups (broad SMARTS) is 1. The van der Waals surface area contributed by atoms with Crippen molar-refractivity contribution in [2.24, 2.45) is 0 Å². The number of rotatable bonds is 4. The lowest BCUT2D eigenvalue weighted by molar-refractivity contribution is -0.153. The van der Waals surface area contributed by atoms with Crippen LogP contribution >= 0.6 is 11.3 Å². The lowest BCUT2D eigenvalue weighted by Gasteiger charge is -2.29. The smallest absolute Gasteiger partial charge is 0.334 e. The van der Waals surface area contributed by atoms with Crippen LogP contribution in [0, 0.1) is 0 Å². The van der Waals surface area contributed by atoms with Gasteiger partial charge in [0.05, 0.1) is 23.7 Å². The molecule has 0 radical (unpaired) electrons. The minimum atomic E-state index is -3.73. The van der Waals surface area contributed by atoms with E-state index < -0.39 is 22.1 Å². The Balaban J connectivity index is 1.86. The molecule has 1 aliphatic rings. The summed E-state index contributed by atoms with van der Waals surface area (Å²) in [5.41, 5.74) is 0.698. The average Bonchev–Trinajstić information content (AvgIpc) is 3.06. The first-order valence-electron chi connectivity index (χ1n) is 6.84. The minimum Gasteiger partial charge on any atom is -0.479 e. The van der Waals surface area contributed by atoms with Gasteiger partial charge in [0.1, 0.15) is 4.21 Å². The Morgan fingerprint density at radius 3 is 2.87 bits per heavy atom. The van der Waals surface area contributed by atoms with E-state index in [2.05, 4.69) is 4.98 Å². The lowest BCUT2D eigenvalue weighted by atomic mass is 10.3. The van der Waals surface area contributed by atoms with E-state index in [0.717, 1.165) is 20.5 Å². The summed E-state index contributed by atoms with van der Waals surface area (Å²) in [6.45, 7) is 0.0199. The van der Waals surface area contributed by atoms with Crippen LogP contribution in [0.3, 0.4) is 0 Å². The molecule has 0 saturated carbocycles. The number of nitrogens with zero attached hydrogens (tertiary/aromatic N) is 2. The topological polar surface area (TPSA) is 96.8 Å². The van der Waals surface area contributed by atoms with Crippen LogP contribution in [0.1, 0.15) is 0 Å². The van der Waals surface area contributed by atoms with Crippen molar-refractivity contribution in [1.29, 1.82) is 0 Å². The third kappa shape index (κ3) is 3.27. The van der Waals surface area contributed by atoms with Gasteiger partial charge in [-0.05, 0) is 24.3 Å². The van der Waals surface area contributed by atoms with E-state index in [1.54, 1.807) is 24.4 Å². The van der Waals surface area contributed by atoms with Crippen LogP contribution in [-0.4, -0.2) is 54.6 Å². The highest BCUT2D eigenvalue weighted by molar-refractivity contribution is 7.91. The average molecular weight is 354 g/mol. The molecule has 122 valence electrons. The second kappa shape index (κ2) is 6.36. The van der Waals surface area contributed by atoms with E-state index in [4.69, 9.17) is 9.84 Å². The highest BCUT2D eigenvalue weighted by Crippen LogP contribution is 2.31. The van der Waals surface area contributed by atoms with Gasteiger partial charge in [0.15, 0.2) is 6.10 Å². The van der Waals surface area contributed by atoms with Gasteiger partial charge in [0.25, 0.3) is 10.0 Å². The zero-order chi connectivity index (χ0) is 16.4. The van der Waals surface area contributed by atoms with E-state index in [1.807, 2.05) is 6.07 Å². The number of morpholine rings is 1. The maximum atomic E-state index is 12.7. The molecule has 0 aliphatic carbocycles. The quantitative estimate of drug-likeness (QED) is 0.888. The van der Waals surface area contributed by atoms with Gasteiger partial charge in [-0.15, -0.1) is 11.3 Å². The molecule has 3 heterocycles. The number of hydrogen-bond acceptors (Lipinski definition) is 6. The number of thiophene rings is 1. The predicted molar refractivity (Wildman–Crippen MR) is 83.7 cm³/mol. The highest BCUT2D eigenvalue weighted by atomic mass is 32.2. The van der Waals surface area contributed by atoms with E-state index in [-0.39, 0.29) is 23.9 Å². The first-order valence-corrected chi connectivity index (χ1v) is 9.10. The standard InChI is InChI=1S/C14H14N2O5S2/c17-14(18)11-9-16(7-8-21-11)23(19,20)13-5-4-12(22-13)10-3-1-2-6-15-10/h1-6,11H,7-9H2,(H,17,18). The summed E-state index contributed by atoms with van der Waals surface area (Å²) < 4.78 is 31.7. The summed E-state index contributed by atoms with van der Waals surface area (Å²) in [6, 6.07) is 8.64. The highest BCUT2D eigenvalue weighted by Gasteiger charge is 2.34. The number of sulfonamides is 1. The van der Waals surface area contributed by atoms with Crippen LogP contribution in [0.5, 0.6) is 0 Å². The van der Waals surface area contributed by atoms with Crippen molar-refractivity contribution in [3.63, 3.8) is 0 Å². The van der Waals surface area contributed by atoms with Crippen molar-refractivity contribution in [2.75, 3.05) is 19.7 Å². The maximum Gasteiger partial charge on any atom is 0.334 e. The molecule has 3 rings (SSSR count). The molecule has 2 aromatic heterocycles. The van der Waals surface area contributed by atoms with Crippen molar-refractivity contribution in [1.82, 2.24) is 9.29 Å². The normalized spacial score (nSPS) is 19.6. The second-order valence-electron chi connectivity index (χ2n) is 4.89. The largest absolute Gasteiger partial charge is 0.479 e. The molecule has 0 spiro atoms. The van der Waals surface area contributed by atoms with Crippen LogP contribution in [0.2, 0.25) is 0 Å². The number of carbonyl (C=O) groups is 1. The first-order chi connectivity index (χ1) is 11.0. The fraction of sp³-hybridized carbons (Fsp3) is 0.286. The number of carboxylic acids is 1. The van der Waals surface area contributed by atoms with E-state index in [1.165, 1.54) is 6.07 Å². The Hall–Kier alpha value is -1.81. The van der Waals surface area contributed by atoms with Crippen LogP contribution in [0.15, 0.2) is 40.7 Å². The third-order valence-electron chi connectivity index (χ3n) is 3.40. The molecule has 0 aromatic carbocycles. The van der Waals surface area contributed by atoms with Gasteiger partial charge in [-0.3, -0.25) is 4.98 Å². The van der Waals surface area contributed by atoms with Gasteiger partial charge >= 0.3 is 5.97 Å². The Bertz CT molecular complexity index is 804. The van der Waals surface area contributed by atoms with Crippen molar-refractivity contribution in [2.45, 2.75) is 10.3 Å². The summed E-state index contributed by atoms with van der Waals surface area (Å²) in [5.74, 6) is -1.16. The van der Waals surface area contributed by atoms with Crippen LogP contribution in [0.4, 0.5) is 0 Å². The first kappa shape index (κ1) is 16.1. The molecule has 1 fully saturated rings. The van der Waals surface area contributed by atoms with Gasteiger partial charge in [0.2, 0.25) is 0 Å². The van der Waals surface area contributed by atoms with Crippen molar-refractivity contribution in [3.05, 3.63) is 36.5 Å². The molecule has 1 aliphatic heterocycles. The monoisotopic (exact) mass is 354 g/mol. The predicted octanol–water partition coefficient (Wildman–Crippen LogP) is 1.28. The number of pyridine rings is 1. The van der Waals surface area contributed by atoms with E-state index in [9.17, 15) is 13.2 Å². The molecular formula is C14H14N2O5S2. The molecule has 7 nitrogen and oxygen atoms in total. The second-order valence-corrected chi connectivity index (χ2v) is 8.14. The Kier molecular flexibility index (Phi) is 4.44. The van der Waals surface area contributed by atoms with Crippen molar-refractivity contribution in [3.8, 4) is 10.6 Å². The third-order valence-corrected chi connectivity index (χ3v) is 6.84. The molecule has 1 saturated heterocycles. The lowest BCUT2D eigenvalue weighted by Crippen LogP contribution is -2.48.